The van der Waals surface area contributed by atoms with Gasteiger partial charge in [-0.25, -0.2) is 4.79 Å². The van der Waals surface area contributed by atoms with Crippen molar-refractivity contribution in [2.24, 2.45) is 0 Å². The zero-order chi connectivity index (χ0) is 13.9. The van der Waals surface area contributed by atoms with Gasteiger partial charge in [-0.15, -0.1) is 0 Å². The van der Waals surface area contributed by atoms with Crippen LogP contribution in [-0.2, 0) is 5.33 Å². The maximum Gasteiger partial charge on any atom is 0.387 e. The second-order valence-electron chi connectivity index (χ2n) is 3.05. The van der Waals surface area contributed by atoms with E-state index in [2.05, 4.69) is 20.7 Å². The largest absolute Gasteiger partial charge is 0.477 e. The van der Waals surface area contributed by atoms with Crippen molar-refractivity contribution in [2.75, 3.05) is 0 Å². The molecule has 6 nitrogen and oxygen atoms in total. The van der Waals surface area contributed by atoms with Crippen LogP contribution in [0.3, 0.4) is 0 Å². The Bertz CT molecular complexity index is 494. The third-order valence-electron chi connectivity index (χ3n) is 1.94. The molecule has 0 amide bonds. The average molecular weight is 326 g/mol. The second kappa shape index (κ2) is 5.71. The molecule has 0 heterocycles. The first-order chi connectivity index (χ1) is 8.36. The van der Waals surface area contributed by atoms with Crippen molar-refractivity contribution in [2.45, 2.75) is 11.9 Å². The lowest BCUT2D eigenvalue weighted by Gasteiger charge is -2.08. The number of carbonyl (C=O) groups is 1. The molecule has 0 saturated carbocycles. The molecular weight excluding hydrogens is 320 g/mol. The van der Waals surface area contributed by atoms with E-state index in [1.165, 1.54) is 0 Å². The summed E-state index contributed by atoms with van der Waals surface area (Å²) in [4.78, 5) is 20.8. The lowest BCUT2D eigenvalue weighted by Crippen LogP contribution is -2.08. The summed E-state index contributed by atoms with van der Waals surface area (Å²) in [6.07, 6.45) is 0. The van der Waals surface area contributed by atoms with Gasteiger partial charge in [-0.2, -0.15) is 8.78 Å². The monoisotopic (exact) mass is 325 g/mol. The number of carboxylic acid groups (broad SMARTS) is 1. The molecule has 1 aromatic carbocycles. The van der Waals surface area contributed by atoms with Gasteiger partial charge in [-0.1, -0.05) is 15.9 Å². The van der Waals surface area contributed by atoms with E-state index in [1.54, 1.807) is 0 Å². The molecule has 0 bridgehead atoms. The summed E-state index contributed by atoms with van der Waals surface area (Å²) in [7, 11) is 0. The zero-order valence-corrected chi connectivity index (χ0v) is 10.2. The number of aromatic carboxylic acids is 1. The maximum atomic E-state index is 12.0. The van der Waals surface area contributed by atoms with E-state index in [-0.39, 0.29) is 10.9 Å². The van der Waals surface area contributed by atoms with E-state index in [0.29, 0.717) is 6.07 Å². The minimum absolute atomic E-state index is 0.0597. The van der Waals surface area contributed by atoms with Gasteiger partial charge in [0.15, 0.2) is 0 Å². The van der Waals surface area contributed by atoms with Crippen molar-refractivity contribution in [1.29, 1.82) is 0 Å². The standard InChI is InChI=1S/C9H6BrF2NO5/c10-3-4-1-5(18-9(11)12)2-6(8(14)15)7(4)13(16)17/h1-2,9H,3H2,(H,14,15). The number of ether oxygens (including phenoxy) is 1. The maximum absolute atomic E-state index is 12.0. The molecule has 0 radical (unpaired) electrons. The highest BCUT2D eigenvalue weighted by Crippen LogP contribution is 2.31. The van der Waals surface area contributed by atoms with Gasteiger partial charge in [0.1, 0.15) is 11.3 Å². The molecule has 0 atom stereocenters. The first-order valence-corrected chi connectivity index (χ1v) is 5.54. The van der Waals surface area contributed by atoms with Gasteiger partial charge in [0.25, 0.3) is 5.69 Å². The molecule has 98 valence electrons. The molecule has 0 fully saturated rings. The highest BCUT2D eigenvalue weighted by molar-refractivity contribution is 9.08. The Balaban J connectivity index is 3.43. The number of alkyl halides is 3. The highest BCUT2D eigenvalue weighted by Gasteiger charge is 2.26. The number of rotatable bonds is 5. The van der Waals surface area contributed by atoms with Gasteiger partial charge in [0, 0.05) is 17.0 Å². The summed E-state index contributed by atoms with van der Waals surface area (Å²) < 4.78 is 28.1. The summed E-state index contributed by atoms with van der Waals surface area (Å²) >= 11 is 2.92. The quantitative estimate of drug-likeness (QED) is 0.510. The predicted molar refractivity (Wildman–Crippen MR) is 59.3 cm³/mol. The third kappa shape index (κ3) is 3.13. The van der Waals surface area contributed by atoms with Crippen molar-refractivity contribution in [1.82, 2.24) is 0 Å². The first kappa shape index (κ1) is 14.3. The molecule has 0 aliphatic carbocycles. The fourth-order valence-corrected chi connectivity index (χ4v) is 1.74. The number of halogens is 3. The van der Waals surface area contributed by atoms with E-state index in [9.17, 15) is 23.7 Å². The number of carboxylic acids is 1. The minimum Gasteiger partial charge on any atom is -0.477 e. The van der Waals surface area contributed by atoms with Gasteiger partial charge < -0.3 is 9.84 Å². The van der Waals surface area contributed by atoms with Crippen LogP contribution in [-0.4, -0.2) is 22.6 Å². The Kier molecular flexibility index (Phi) is 4.54. The van der Waals surface area contributed by atoms with Gasteiger partial charge in [-0.3, -0.25) is 10.1 Å². The number of hydrogen-bond donors (Lipinski definition) is 1. The lowest BCUT2D eigenvalue weighted by molar-refractivity contribution is -0.385. The van der Waals surface area contributed by atoms with E-state index >= 15 is 0 Å². The Hall–Kier alpha value is -1.77. The van der Waals surface area contributed by atoms with Crippen molar-refractivity contribution < 1.29 is 28.3 Å². The van der Waals surface area contributed by atoms with Crippen LogP contribution >= 0.6 is 15.9 Å². The molecule has 0 spiro atoms. The van der Waals surface area contributed by atoms with Crippen molar-refractivity contribution >= 4 is 27.6 Å². The van der Waals surface area contributed by atoms with Gasteiger partial charge in [0.2, 0.25) is 0 Å². The number of nitrogens with zero attached hydrogens (tertiary/aromatic N) is 1. The van der Waals surface area contributed by atoms with Crippen LogP contribution in [0.5, 0.6) is 5.75 Å². The molecule has 0 aliphatic rings. The number of benzene rings is 1. The molecular formula is C9H6BrF2NO5. The Morgan fingerprint density at radius 3 is 2.56 bits per heavy atom. The van der Waals surface area contributed by atoms with Gasteiger partial charge in [-0.05, 0) is 6.07 Å². The Morgan fingerprint density at radius 2 is 2.17 bits per heavy atom. The topological polar surface area (TPSA) is 89.7 Å². The van der Waals surface area contributed by atoms with Crippen molar-refractivity contribution in [3.63, 3.8) is 0 Å². The second-order valence-corrected chi connectivity index (χ2v) is 3.61. The molecule has 9 heteroatoms. The smallest absolute Gasteiger partial charge is 0.387 e. The summed E-state index contributed by atoms with van der Waals surface area (Å²) in [5.74, 6) is -2.04. The van der Waals surface area contributed by atoms with Crippen LogP contribution in [0.25, 0.3) is 0 Å². The fourth-order valence-electron chi connectivity index (χ4n) is 1.32. The molecule has 1 rings (SSSR count). The van der Waals surface area contributed by atoms with E-state index in [1.807, 2.05) is 0 Å². The third-order valence-corrected chi connectivity index (χ3v) is 2.55. The lowest BCUT2D eigenvalue weighted by atomic mass is 10.1. The highest BCUT2D eigenvalue weighted by atomic mass is 79.9. The molecule has 1 N–H and O–H groups in total. The summed E-state index contributed by atoms with van der Waals surface area (Å²) in [6.45, 7) is -3.14. The van der Waals surface area contributed by atoms with Gasteiger partial charge >= 0.3 is 12.6 Å². The Labute approximate surface area is 107 Å². The minimum atomic E-state index is -3.14. The molecule has 0 unspecified atom stereocenters. The number of hydrogen-bond acceptors (Lipinski definition) is 4. The van der Waals surface area contributed by atoms with Crippen LogP contribution in [0.2, 0.25) is 0 Å². The van der Waals surface area contributed by atoms with Crippen LogP contribution < -0.4 is 4.74 Å². The summed E-state index contributed by atoms with van der Waals surface area (Å²) in [5.41, 5.74) is -1.41. The van der Waals surface area contributed by atoms with Gasteiger partial charge in [0.05, 0.1) is 4.92 Å². The average Bonchev–Trinajstić information content (AvgIpc) is 2.26. The molecule has 0 aliphatic heterocycles. The molecule has 0 saturated heterocycles. The number of nitro groups is 1. The summed E-state index contributed by atoms with van der Waals surface area (Å²) in [5, 5.41) is 19.5. The van der Waals surface area contributed by atoms with Crippen LogP contribution in [0.4, 0.5) is 14.5 Å². The predicted octanol–water partition coefficient (Wildman–Crippen LogP) is 2.79. The summed E-state index contributed by atoms with van der Waals surface area (Å²) in [6, 6.07) is 1.68. The van der Waals surface area contributed by atoms with Crippen LogP contribution in [0, 0.1) is 10.1 Å². The molecule has 1 aromatic rings. The van der Waals surface area contributed by atoms with Crippen LogP contribution in [0.1, 0.15) is 15.9 Å². The van der Waals surface area contributed by atoms with E-state index in [4.69, 9.17) is 5.11 Å². The first-order valence-electron chi connectivity index (χ1n) is 4.42. The van der Waals surface area contributed by atoms with E-state index in [0.717, 1.165) is 6.07 Å². The zero-order valence-electron chi connectivity index (χ0n) is 8.60. The number of nitro benzene ring substituents is 1. The molecule has 18 heavy (non-hydrogen) atoms. The molecule has 0 aromatic heterocycles. The van der Waals surface area contributed by atoms with Crippen molar-refractivity contribution in [3.8, 4) is 5.75 Å². The normalized spacial score (nSPS) is 10.4. The fraction of sp³-hybridized carbons (Fsp3) is 0.222. The van der Waals surface area contributed by atoms with Crippen molar-refractivity contribution in [3.05, 3.63) is 33.4 Å². The van der Waals surface area contributed by atoms with Crippen LogP contribution in [0.15, 0.2) is 12.1 Å². The van der Waals surface area contributed by atoms with E-state index < -0.39 is 34.5 Å². The Morgan fingerprint density at radius 1 is 1.56 bits per heavy atom. The SMILES string of the molecule is O=C(O)c1cc(OC(F)F)cc(CBr)c1[N+](=O)[O-].